The Bertz CT molecular complexity index is 1500. The van der Waals surface area contributed by atoms with Gasteiger partial charge in [-0.3, -0.25) is 4.79 Å². The zero-order chi connectivity index (χ0) is 26.5. The fourth-order valence-corrected chi connectivity index (χ4v) is 9.26. The van der Waals surface area contributed by atoms with E-state index in [9.17, 15) is 21.6 Å². The van der Waals surface area contributed by atoms with Crippen molar-refractivity contribution in [2.45, 2.75) is 26.7 Å². The molecule has 190 valence electrons. The van der Waals surface area contributed by atoms with Crippen LogP contribution in [0.3, 0.4) is 0 Å². The average molecular weight is 535 g/mol. The van der Waals surface area contributed by atoms with Crippen LogP contribution in [0.5, 0.6) is 5.75 Å². The Morgan fingerprint density at radius 2 is 1.16 bits per heavy atom. The number of methoxy groups -OCH3 is 1. The van der Waals surface area contributed by atoms with Gasteiger partial charge in [-0.05, 0) is 42.0 Å². The molecule has 8 heteroatoms. The van der Waals surface area contributed by atoms with Crippen molar-refractivity contribution in [1.29, 1.82) is 0 Å². The zero-order valence-electron chi connectivity index (χ0n) is 20.1. The van der Waals surface area contributed by atoms with Crippen LogP contribution in [0.25, 0.3) is 0 Å². The summed E-state index contributed by atoms with van der Waals surface area (Å²) in [6, 6.07) is 29.9. The van der Waals surface area contributed by atoms with E-state index >= 15 is 0 Å². The van der Waals surface area contributed by atoms with E-state index in [-0.39, 0.29) is 16.2 Å². The number of sulfone groups is 2. The monoisotopic (exact) mass is 534 g/mol. The van der Waals surface area contributed by atoms with Crippen LogP contribution in [0.4, 0.5) is 0 Å². The summed E-state index contributed by atoms with van der Waals surface area (Å²) in [6.07, 6.45) is -0.347. The highest BCUT2D eigenvalue weighted by molar-refractivity contribution is 8.09. The molecule has 4 aromatic carbocycles. The standard InChI is InChI=1S/C29H26O6S2/c1-35-24-15-11-14-23(20-24)28(30)21-27(22-12-5-2-6-13-22)29(36(31,32)25-16-7-3-8-17-25)37(33,34)26-18-9-4-10-19-26/h2-20,27,29H,21H2,1H3/t27-/m1/s1. The minimum Gasteiger partial charge on any atom is -0.497 e. The summed E-state index contributed by atoms with van der Waals surface area (Å²) < 4.78 is 59.6. The van der Waals surface area contributed by atoms with Crippen LogP contribution in [0, 0.1) is 0 Å². The van der Waals surface area contributed by atoms with Crippen molar-refractivity contribution in [1.82, 2.24) is 0 Å². The highest BCUT2D eigenvalue weighted by atomic mass is 32.3. The number of hydrogen-bond acceptors (Lipinski definition) is 6. The molecule has 0 saturated carbocycles. The van der Waals surface area contributed by atoms with Gasteiger partial charge in [0.05, 0.1) is 16.9 Å². The zero-order valence-corrected chi connectivity index (χ0v) is 21.7. The Kier molecular flexibility index (Phi) is 7.90. The molecule has 0 aliphatic carbocycles. The minimum atomic E-state index is -4.46. The Balaban J connectivity index is 1.92. The number of ketones is 1. The van der Waals surface area contributed by atoms with Gasteiger partial charge in [-0.15, -0.1) is 0 Å². The number of hydrogen-bond donors (Lipinski definition) is 0. The second kappa shape index (κ2) is 11.1. The van der Waals surface area contributed by atoms with Crippen molar-refractivity contribution in [2.24, 2.45) is 0 Å². The predicted octanol–water partition coefficient (Wildman–Crippen LogP) is 5.33. The van der Waals surface area contributed by atoms with E-state index in [4.69, 9.17) is 4.74 Å². The number of carbonyl (C=O) groups is 1. The molecule has 0 bridgehead atoms. The molecule has 0 N–H and O–H groups in total. The van der Waals surface area contributed by atoms with Gasteiger partial charge in [0.1, 0.15) is 5.75 Å². The van der Waals surface area contributed by atoms with Gasteiger partial charge in [-0.1, -0.05) is 78.9 Å². The molecule has 0 spiro atoms. The van der Waals surface area contributed by atoms with Gasteiger partial charge in [0.15, 0.2) is 30.0 Å². The third-order valence-corrected chi connectivity index (χ3v) is 11.4. The van der Waals surface area contributed by atoms with Gasteiger partial charge in [0.2, 0.25) is 0 Å². The van der Waals surface area contributed by atoms with Crippen molar-refractivity contribution in [2.75, 3.05) is 7.11 Å². The van der Waals surface area contributed by atoms with Crippen LogP contribution in [-0.2, 0) is 19.7 Å². The van der Waals surface area contributed by atoms with E-state index in [2.05, 4.69) is 0 Å². The lowest BCUT2D eigenvalue weighted by Gasteiger charge is -2.27. The van der Waals surface area contributed by atoms with E-state index in [0.29, 0.717) is 16.9 Å². The average Bonchev–Trinajstić information content (AvgIpc) is 2.94. The third-order valence-electron chi connectivity index (χ3n) is 6.11. The Labute approximate surface area is 217 Å². The highest BCUT2D eigenvalue weighted by Gasteiger charge is 2.46. The molecule has 4 rings (SSSR count). The SMILES string of the molecule is COc1cccc(C(=O)C[C@H](c2ccccc2)C(S(=O)(=O)c2ccccc2)S(=O)(=O)c2ccccc2)c1. The summed E-state index contributed by atoms with van der Waals surface area (Å²) >= 11 is 0. The molecule has 0 aliphatic heterocycles. The summed E-state index contributed by atoms with van der Waals surface area (Å²) in [4.78, 5) is 13.2. The molecule has 0 heterocycles. The van der Waals surface area contributed by atoms with Crippen LogP contribution in [-0.4, -0.2) is 34.3 Å². The molecular formula is C29H26O6S2. The van der Waals surface area contributed by atoms with Crippen LogP contribution in [0.15, 0.2) is 125 Å². The number of ether oxygens (including phenoxy) is 1. The van der Waals surface area contributed by atoms with Gasteiger partial charge >= 0.3 is 0 Å². The maximum atomic E-state index is 14.1. The van der Waals surface area contributed by atoms with Crippen molar-refractivity contribution >= 4 is 25.5 Å². The molecule has 37 heavy (non-hydrogen) atoms. The van der Waals surface area contributed by atoms with Gasteiger partial charge in [0.25, 0.3) is 0 Å². The lowest BCUT2D eigenvalue weighted by molar-refractivity contribution is 0.0974. The molecule has 0 aliphatic rings. The normalized spacial score (nSPS) is 12.7. The fraction of sp³-hybridized carbons (Fsp3) is 0.138. The molecule has 0 radical (unpaired) electrons. The number of carbonyl (C=O) groups excluding carboxylic acids is 1. The largest absolute Gasteiger partial charge is 0.497 e. The van der Waals surface area contributed by atoms with Gasteiger partial charge in [-0.25, -0.2) is 16.8 Å². The second-order valence-corrected chi connectivity index (χ2v) is 12.9. The van der Waals surface area contributed by atoms with Crippen molar-refractivity contribution < 1.29 is 26.4 Å². The first-order valence-electron chi connectivity index (χ1n) is 11.6. The Morgan fingerprint density at radius 3 is 1.65 bits per heavy atom. The smallest absolute Gasteiger partial charge is 0.196 e. The van der Waals surface area contributed by atoms with E-state index < -0.39 is 36.0 Å². The van der Waals surface area contributed by atoms with Crippen LogP contribution in [0.2, 0.25) is 0 Å². The molecule has 0 saturated heterocycles. The molecule has 1 atom stereocenters. The molecule has 0 unspecified atom stereocenters. The quantitative estimate of drug-likeness (QED) is 0.256. The first-order valence-corrected chi connectivity index (χ1v) is 14.6. The molecule has 0 amide bonds. The highest BCUT2D eigenvalue weighted by Crippen LogP contribution is 2.38. The summed E-state index contributed by atoms with van der Waals surface area (Å²) in [5.41, 5.74) is 0.732. The third kappa shape index (κ3) is 5.65. The first kappa shape index (κ1) is 26.3. The predicted molar refractivity (Wildman–Crippen MR) is 142 cm³/mol. The Hall–Kier alpha value is -3.75. The first-order chi connectivity index (χ1) is 17.7. The van der Waals surface area contributed by atoms with Gasteiger partial charge < -0.3 is 4.74 Å². The number of rotatable bonds is 10. The molecule has 0 aromatic heterocycles. The lowest BCUT2D eigenvalue weighted by Crippen LogP contribution is -2.37. The van der Waals surface area contributed by atoms with Crippen LogP contribution < -0.4 is 4.74 Å². The van der Waals surface area contributed by atoms with Crippen LogP contribution >= 0.6 is 0 Å². The Morgan fingerprint density at radius 1 is 0.676 bits per heavy atom. The van der Waals surface area contributed by atoms with Gasteiger partial charge in [0, 0.05) is 17.9 Å². The van der Waals surface area contributed by atoms with E-state index in [0.717, 1.165) is 0 Å². The summed E-state index contributed by atoms with van der Waals surface area (Å²) in [6.45, 7) is 0. The molecular weight excluding hydrogens is 508 g/mol. The maximum Gasteiger partial charge on any atom is 0.196 e. The van der Waals surface area contributed by atoms with Gasteiger partial charge in [-0.2, -0.15) is 0 Å². The topological polar surface area (TPSA) is 94.6 Å². The summed E-state index contributed by atoms with van der Waals surface area (Å²) in [5, 5.41) is 0. The number of Topliss-reactive ketones (excluding diaryl/α,β-unsaturated/α-hetero) is 1. The number of benzene rings is 4. The van der Waals surface area contributed by atoms with Crippen molar-refractivity contribution in [3.8, 4) is 5.75 Å². The van der Waals surface area contributed by atoms with Crippen molar-refractivity contribution in [3.05, 3.63) is 126 Å². The fourth-order valence-electron chi connectivity index (χ4n) is 4.27. The molecule has 0 fully saturated rings. The van der Waals surface area contributed by atoms with E-state index in [1.165, 1.54) is 55.6 Å². The minimum absolute atomic E-state index is 0.130. The van der Waals surface area contributed by atoms with E-state index in [1.807, 2.05) is 0 Å². The molecule has 4 aromatic rings. The second-order valence-electron chi connectivity index (χ2n) is 8.46. The molecule has 6 nitrogen and oxygen atoms in total. The van der Waals surface area contributed by atoms with Crippen molar-refractivity contribution in [3.63, 3.8) is 0 Å². The summed E-state index contributed by atoms with van der Waals surface area (Å²) in [5.74, 6) is -1.12. The van der Waals surface area contributed by atoms with E-state index in [1.54, 1.807) is 66.7 Å². The summed E-state index contributed by atoms with van der Waals surface area (Å²) in [7, 11) is -7.44. The lowest BCUT2D eigenvalue weighted by atomic mass is 9.93. The maximum absolute atomic E-state index is 14.1. The van der Waals surface area contributed by atoms with Crippen LogP contribution in [0.1, 0.15) is 28.3 Å².